The van der Waals surface area contributed by atoms with Crippen molar-refractivity contribution < 1.29 is 9.90 Å². The van der Waals surface area contributed by atoms with Crippen LogP contribution in [0.25, 0.3) is 0 Å². The van der Waals surface area contributed by atoms with Gasteiger partial charge in [-0.2, -0.15) is 0 Å². The number of nitrogens with zero attached hydrogens (tertiary/aromatic N) is 1. The average Bonchev–Trinajstić information content (AvgIpc) is 2.33. The van der Waals surface area contributed by atoms with E-state index in [2.05, 4.69) is 0 Å². The van der Waals surface area contributed by atoms with Crippen molar-refractivity contribution in [2.75, 3.05) is 6.54 Å². The molecule has 0 aromatic rings. The van der Waals surface area contributed by atoms with Gasteiger partial charge in [-0.15, -0.1) is 0 Å². The number of hydrogen-bond acceptors (Lipinski definition) is 1. The molecule has 0 bridgehead atoms. The molecule has 1 amide bonds. The van der Waals surface area contributed by atoms with E-state index in [0.717, 1.165) is 25.8 Å². The lowest BCUT2D eigenvalue weighted by atomic mass is 10.2. The third-order valence-electron chi connectivity index (χ3n) is 2.09. The van der Waals surface area contributed by atoms with E-state index in [0.29, 0.717) is 0 Å². The maximum Gasteiger partial charge on any atom is 0.407 e. The molecule has 0 aromatic heterocycles. The molecule has 0 unspecified atom stereocenters. The van der Waals surface area contributed by atoms with Crippen LogP contribution in [0.2, 0.25) is 0 Å². The highest BCUT2D eigenvalue weighted by Crippen LogP contribution is 2.19. The summed E-state index contributed by atoms with van der Waals surface area (Å²) in [6.45, 7) is 2.76. The van der Waals surface area contributed by atoms with Gasteiger partial charge < -0.3 is 10.0 Å². The van der Waals surface area contributed by atoms with Gasteiger partial charge in [0.15, 0.2) is 0 Å². The van der Waals surface area contributed by atoms with Crippen molar-refractivity contribution in [3.63, 3.8) is 0 Å². The molecule has 0 spiro atoms. The lowest BCUT2D eigenvalue weighted by molar-refractivity contribution is 0.139. The van der Waals surface area contributed by atoms with Crippen molar-refractivity contribution in [1.29, 1.82) is 0 Å². The minimum absolute atomic E-state index is 0.289. The molecule has 0 radical (unpaired) electrons. The van der Waals surface area contributed by atoms with E-state index in [1.807, 2.05) is 6.92 Å². The summed E-state index contributed by atoms with van der Waals surface area (Å²) in [7, 11) is 0. The van der Waals surface area contributed by atoms with Gasteiger partial charge in [0.1, 0.15) is 0 Å². The maximum atomic E-state index is 10.5. The minimum Gasteiger partial charge on any atom is -0.465 e. The summed E-state index contributed by atoms with van der Waals surface area (Å²) >= 11 is 0. The number of rotatable bonds is 1. The summed E-state index contributed by atoms with van der Waals surface area (Å²) in [5.41, 5.74) is 0. The molecule has 1 aliphatic heterocycles. The van der Waals surface area contributed by atoms with Crippen LogP contribution in [-0.4, -0.2) is 28.7 Å². The summed E-state index contributed by atoms with van der Waals surface area (Å²) in [6.07, 6.45) is 2.27. The third-order valence-corrected chi connectivity index (χ3v) is 2.09. The Hall–Kier alpha value is -0.730. The van der Waals surface area contributed by atoms with Crippen LogP contribution in [0.4, 0.5) is 4.79 Å². The van der Waals surface area contributed by atoms with E-state index in [4.69, 9.17) is 5.11 Å². The summed E-state index contributed by atoms with van der Waals surface area (Å²) in [5.74, 6) is 0. The topological polar surface area (TPSA) is 40.5 Å². The smallest absolute Gasteiger partial charge is 0.407 e. The number of carbonyl (C=O) groups is 1. The van der Waals surface area contributed by atoms with E-state index in [-0.39, 0.29) is 6.04 Å². The van der Waals surface area contributed by atoms with Crippen molar-refractivity contribution in [2.24, 2.45) is 0 Å². The predicted octanol–water partition coefficient (Wildman–Crippen LogP) is 1.54. The summed E-state index contributed by atoms with van der Waals surface area (Å²) in [4.78, 5) is 12.0. The van der Waals surface area contributed by atoms with Gasteiger partial charge in [-0.05, 0) is 19.3 Å². The molecule has 3 nitrogen and oxygen atoms in total. The fraction of sp³-hybridized carbons (Fsp3) is 0.857. The van der Waals surface area contributed by atoms with Crippen molar-refractivity contribution in [3.8, 4) is 0 Å². The van der Waals surface area contributed by atoms with Crippen molar-refractivity contribution in [3.05, 3.63) is 0 Å². The summed E-state index contributed by atoms with van der Waals surface area (Å²) < 4.78 is 0. The highest BCUT2D eigenvalue weighted by atomic mass is 16.4. The Bertz CT molecular complexity index is 136. The van der Waals surface area contributed by atoms with Crippen LogP contribution in [0.3, 0.4) is 0 Å². The Kier molecular flexibility index (Phi) is 2.14. The van der Waals surface area contributed by atoms with Crippen LogP contribution in [0, 0.1) is 0 Å². The molecule has 1 saturated heterocycles. The van der Waals surface area contributed by atoms with Crippen molar-refractivity contribution >= 4 is 6.09 Å². The van der Waals surface area contributed by atoms with Gasteiger partial charge in [0.05, 0.1) is 0 Å². The Labute approximate surface area is 60.6 Å². The van der Waals surface area contributed by atoms with Crippen LogP contribution >= 0.6 is 0 Å². The zero-order valence-electron chi connectivity index (χ0n) is 6.21. The number of hydrogen-bond donors (Lipinski definition) is 1. The first-order valence-corrected chi connectivity index (χ1v) is 3.75. The third kappa shape index (κ3) is 1.23. The molecule has 0 saturated carbocycles. The summed E-state index contributed by atoms with van der Waals surface area (Å²) in [5, 5.41) is 8.64. The largest absolute Gasteiger partial charge is 0.465 e. The molecule has 1 fully saturated rings. The Morgan fingerprint density at radius 3 is 2.90 bits per heavy atom. The molecule has 1 heterocycles. The van der Waals surface area contributed by atoms with E-state index < -0.39 is 6.09 Å². The van der Waals surface area contributed by atoms with Gasteiger partial charge in [0.2, 0.25) is 0 Å². The normalized spacial score (nSPS) is 25.3. The fourth-order valence-corrected chi connectivity index (χ4v) is 1.51. The van der Waals surface area contributed by atoms with Gasteiger partial charge in [0, 0.05) is 12.6 Å². The van der Waals surface area contributed by atoms with Gasteiger partial charge in [-0.1, -0.05) is 6.92 Å². The molecule has 1 N–H and O–H groups in total. The van der Waals surface area contributed by atoms with Crippen LogP contribution in [0.5, 0.6) is 0 Å². The molecule has 10 heavy (non-hydrogen) atoms. The Morgan fingerprint density at radius 1 is 1.80 bits per heavy atom. The zero-order valence-corrected chi connectivity index (χ0v) is 6.21. The zero-order chi connectivity index (χ0) is 7.56. The van der Waals surface area contributed by atoms with Crippen molar-refractivity contribution in [1.82, 2.24) is 4.90 Å². The van der Waals surface area contributed by atoms with Crippen LogP contribution in [-0.2, 0) is 0 Å². The van der Waals surface area contributed by atoms with E-state index >= 15 is 0 Å². The van der Waals surface area contributed by atoms with Gasteiger partial charge in [-0.25, -0.2) is 4.79 Å². The monoisotopic (exact) mass is 143 g/mol. The Balaban J connectivity index is 2.50. The average molecular weight is 143 g/mol. The molecular formula is C7H13NO2. The predicted molar refractivity (Wildman–Crippen MR) is 38.0 cm³/mol. The first-order valence-electron chi connectivity index (χ1n) is 3.75. The molecular weight excluding hydrogens is 130 g/mol. The molecule has 58 valence electrons. The van der Waals surface area contributed by atoms with Gasteiger partial charge in [-0.3, -0.25) is 0 Å². The highest BCUT2D eigenvalue weighted by molar-refractivity contribution is 5.65. The molecule has 0 aliphatic carbocycles. The standard InChI is InChI=1S/C7H13NO2/c1-2-6-4-3-5-8(6)7(9)10/h6H,2-5H2,1H3,(H,9,10)/t6-/m0/s1. The fourth-order valence-electron chi connectivity index (χ4n) is 1.51. The summed E-state index contributed by atoms with van der Waals surface area (Å²) in [6, 6.07) is 0.289. The number of likely N-dealkylation sites (tertiary alicyclic amines) is 1. The quantitative estimate of drug-likeness (QED) is 0.604. The second kappa shape index (κ2) is 2.90. The van der Waals surface area contributed by atoms with E-state index in [9.17, 15) is 4.79 Å². The first kappa shape index (κ1) is 7.38. The minimum atomic E-state index is -0.760. The number of amides is 1. The molecule has 1 atom stereocenters. The van der Waals surface area contributed by atoms with Crippen LogP contribution in [0.15, 0.2) is 0 Å². The second-order valence-corrected chi connectivity index (χ2v) is 2.68. The SMILES string of the molecule is CC[C@H]1CCCN1C(=O)O. The lowest BCUT2D eigenvalue weighted by Crippen LogP contribution is -2.33. The molecule has 0 aromatic carbocycles. The highest BCUT2D eigenvalue weighted by Gasteiger charge is 2.26. The molecule has 1 aliphatic rings. The lowest BCUT2D eigenvalue weighted by Gasteiger charge is -2.19. The number of carboxylic acid groups (broad SMARTS) is 1. The van der Waals surface area contributed by atoms with Crippen molar-refractivity contribution in [2.45, 2.75) is 32.2 Å². The molecule has 3 heteroatoms. The van der Waals surface area contributed by atoms with Crippen LogP contribution < -0.4 is 0 Å². The van der Waals surface area contributed by atoms with Crippen LogP contribution in [0.1, 0.15) is 26.2 Å². The first-order chi connectivity index (χ1) is 4.75. The Morgan fingerprint density at radius 2 is 2.50 bits per heavy atom. The maximum absolute atomic E-state index is 10.5. The second-order valence-electron chi connectivity index (χ2n) is 2.68. The molecule has 1 rings (SSSR count). The van der Waals surface area contributed by atoms with Gasteiger partial charge in [0.25, 0.3) is 0 Å². The van der Waals surface area contributed by atoms with E-state index in [1.165, 1.54) is 0 Å². The van der Waals surface area contributed by atoms with E-state index in [1.54, 1.807) is 4.90 Å². The van der Waals surface area contributed by atoms with Gasteiger partial charge >= 0.3 is 6.09 Å².